The summed E-state index contributed by atoms with van der Waals surface area (Å²) >= 11 is 0. The summed E-state index contributed by atoms with van der Waals surface area (Å²) < 4.78 is 50.6. The van der Waals surface area contributed by atoms with Crippen LogP contribution >= 0.6 is 0 Å². The van der Waals surface area contributed by atoms with Crippen molar-refractivity contribution in [1.29, 1.82) is 0 Å². The molecule has 0 N–H and O–H groups in total. The average Bonchev–Trinajstić information content (AvgIpc) is 3.11. The third-order valence-electron chi connectivity index (χ3n) is 9.54. The van der Waals surface area contributed by atoms with Gasteiger partial charge in [0, 0.05) is 55.9 Å². The Bertz CT molecular complexity index is 1620. The van der Waals surface area contributed by atoms with Crippen molar-refractivity contribution in [3.05, 3.63) is 125 Å². The van der Waals surface area contributed by atoms with Gasteiger partial charge < -0.3 is 19.3 Å². The Hall–Kier alpha value is -4.50. The molecule has 6 rings (SSSR count). The molecule has 0 aromatic heterocycles. The lowest BCUT2D eigenvalue weighted by Crippen LogP contribution is -2.49. The van der Waals surface area contributed by atoms with Crippen LogP contribution in [0.2, 0.25) is 0 Å². The molecule has 2 aliphatic rings. The standard InChI is InChI=1S/C38H40F3N3O3/c1-46-34-14-10-30(11-15-34)37(31-12-16-35(47-2)17-13-31)18-5-19-42(27-37)26-28-6-3-7-29(24-28)36(45)44-22-20-43(21-23-44)33-9-4-8-32(25-33)38(39,40)41/h3-4,6-17,24-25H,5,18-23,26-27H2,1-2H3. The Morgan fingerprint density at radius 2 is 1.38 bits per heavy atom. The molecule has 0 atom stereocenters. The number of alkyl halides is 3. The highest BCUT2D eigenvalue weighted by Crippen LogP contribution is 2.42. The highest BCUT2D eigenvalue weighted by molar-refractivity contribution is 5.94. The van der Waals surface area contributed by atoms with Crippen LogP contribution in [0.1, 0.15) is 45.5 Å². The van der Waals surface area contributed by atoms with Crippen molar-refractivity contribution in [2.24, 2.45) is 0 Å². The number of benzene rings is 4. The number of piperidine rings is 1. The number of nitrogens with zero attached hydrogens (tertiary/aromatic N) is 3. The fourth-order valence-corrected chi connectivity index (χ4v) is 7.03. The van der Waals surface area contributed by atoms with Crippen molar-refractivity contribution in [2.75, 3.05) is 58.4 Å². The van der Waals surface area contributed by atoms with Gasteiger partial charge >= 0.3 is 6.18 Å². The van der Waals surface area contributed by atoms with E-state index < -0.39 is 11.7 Å². The van der Waals surface area contributed by atoms with Gasteiger partial charge in [-0.25, -0.2) is 0 Å². The molecule has 246 valence electrons. The SMILES string of the molecule is COc1ccc(C2(c3ccc(OC)cc3)CCCN(Cc3cccc(C(=O)N4CCN(c5cccc(C(F)(F)F)c5)CC4)c3)C2)cc1. The second-order valence-electron chi connectivity index (χ2n) is 12.4. The van der Waals surface area contributed by atoms with Gasteiger partial charge in [-0.05, 0) is 90.7 Å². The molecular weight excluding hydrogens is 603 g/mol. The van der Waals surface area contributed by atoms with Gasteiger partial charge in [0.05, 0.1) is 19.8 Å². The van der Waals surface area contributed by atoms with Gasteiger partial charge in [0.2, 0.25) is 0 Å². The number of methoxy groups -OCH3 is 2. The predicted octanol–water partition coefficient (Wildman–Crippen LogP) is 7.27. The van der Waals surface area contributed by atoms with E-state index in [0.717, 1.165) is 49.1 Å². The van der Waals surface area contributed by atoms with Gasteiger partial charge in [0.1, 0.15) is 11.5 Å². The molecule has 0 radical (unpaired) electrons. The minimum atomic E-state index is -4.39. The van der Waals surface area contributed by atoms with Crippen molar-refractivity contribution in [2.45, 2.75) is 31.0 Å². The fourth-order valence-electron chi connectivity index (χ4n) is 7.03. The van der Waals surface area contributed by atoms with Crippen LogP contribution < -0.4 is 14.4 Å². The number of amides is 1. The van der Waals surface area contributed by atoms with Crippen LogP contribution in [-0.2, 0) is 18.1 Å². The number of rotatable bonds is 8. The topological polar surface area (TPSA) is 45.3 Å². The first-order valence-electron chi connectivity index (χ1n) is 16.0. The third kappa shape index (κ3) is 7.10. The summed E-state index contributed by atoms with van der Waals surface area (Å²) in [5.74, 6) is 1.59. The summed E-state index contributed by atoms with van der Waals surface area (Å²) in [5.41, 5.74) is 3.81. The van der Waals surface area contributed by atoms with E-state index in [-0.39, 0.29) is 11.3 Å². The van der Waals surface area contributed by atoms with E-state index in [4.69, 9.17) is 9.47 Å². The Labute approximate surface area is 274 Å². The van der Waals surface area contributed by atoms with Crippen molar-refractivity contribution in [3.63, 3.8) is 0 Å². The molecule has 0 bridgehead atoms. The second kappa shape index (κ2) is 13.7. The zero-order chi connectivity index (χ0) is 33.0. The lowest BCUT2D eigenvalue weighted by molar-refractivity contribution is -0.137. The van der Waals surface area contributed by atoms with Gasteiger partial charge in [-0.15, -0.1) is 0 Å². The molecule has 0 aliphatic carbocycles. The maximum atomic E-state index is 13.6. The van der Waals surface area contributed by atoms with E-state index in [0.29, 0.717) is 44.0 Å². The fraction of sp³-hybridized carbons (Fsp3) is 0.342. The molecule has 4 aromatic carbocycles. The first kappa shape index (κ1) is 32.4. The van der Waals surface area contributed by atoms with Crippen molar-refractivity contribution >= 4 is 11.6 Å². The van der Waals surface area contributed by atoms with Gasteiger partial charge in [0.25, 0.3) is 5.91 Å². The molecule has 0 unspecified atom stereocenters. The zero-order valence-corrected chi connectivity index (χ0v) is 26.8. The number of likely N-dealkylation sites (tertiary alicyclic amines) is 1. The molecule has 0 saturated carbocycles. The molecule has 6 nitrogen and oxygen atoms in total. The Kier molecular flexibility index (Phi) is 9.45. The molecule has 2 fully saturated rings. The minimum Gasteiger partial charge on any atom is -0.497 e. The Morgan fingerprint density at radius 1 is 0.766 bits per heavy atom. The number of carbonyl (C=O) groups is 1. The quantitative estimate of drug-likeness (QED) is 0.202. The van der Waals surface area contributed by atoms with E-state index >= 15 is 0 Å². The molecule has 2 saturated heterocycles. The third-order valence-corrected chi connectivity index (χ3v) is 9.54. The van der Waals surface area contributed by atoms with Gasteiger partial charge in [0.15, 0.2) is 0 Å². The van der Waals surface area contributed by atoms with E-state index in [2.05, 4.69) is 35.2 Å². The van der Waals surface area contributed by atoms with Crippen LogP contribution in [0.3, 0.4) is 0 Å². The Balaban J connectivity index is 1.15. The smallest absolute Gasteiger partial charge is 0.416 e. The van der Waals surface area contributed by atoms with Crippen LogP contribution in [0.25, 0.3) is 0 Å². The monoisotopic (exact) mass is 643 g/mol. The van der Waals surface area contributed by atoms with Crippen molar-refractivity contribution in [1.82, 2.24) is 9.80 Å². The number of piperazine rings is 1. The summed E-state index contributed by atoms with van der Waals surface area (Å²) in [5, 5.41) is 0. The molecule has 1 amide bonds. The molecular formula is C38H40F3N3O3. The van der Waals surface area contributed by atoms with Gasteiger partial charge in [-0.3, -0.25) is 9.69 Å². The van der Waals surface area contributed by atoms with E-state index in [9.17, 15) is 18.0 Å². The summed E-state index contributed by atoms with van der Waals surface area (Å²) in [4.78, 5) is 19.7. The predicted molar refractivity (Wildman–Crippen MR) is 177 cm³/mol. The molecule has 9 heteroatoms. The first-order chi connectivity index (χ1) is 22.7. The van der Waals surface area contributed by atoms with E-state index in [1.807, 2.05) is 47.4 Å². The van der Waals surface area contributed by atoms with Crippen LogP contribution in [-0.4, -0.2) is 69.2 Å². The maximum absolute atomic E-state index is 13.6. The summed E-state index contributed by atoms with van der Waals surface area (Å²) in [7, 11) is 3.35. The van der Waals surface area contributed by atoms with E-state index in [1.54, 1.807) is 25.2 Å². The van der Waals surface area contributed by atoms with Crippen LogP contribution in [0, 0.1) is 0 Å². The highest BCUT2D eigenvalue weighted by Gasteiger charge is 2.39. The van der Waals surface area contributed by atoms with Crippen molar-refractivity contribution < 1.29 is 27.4 Å². The summed E-state index contributed by atoms with van der Waals surface area (Å²) in [6, 6.07) is 30.0. The van der Waals surface area contributed by atoms with Crippen LogP contribution in [0.5, 0.6) is 11.5 Å². The Morgan fingerprint density at radius 3 is 1.98 bits per heavy atom. The largest absolute Gasteiger partial charge is 0.497 e. The van der Waals surface area contributed by atoms with Gasteiger partial charge in [-0.1, -0.05) is 42.5 Å². The number of anilines is 1. The zero-order valence-electron chi connectivity index (χ0n) is 26.8. The summed E-state index contributed by atoms with van der Waals surface area (Å²) in [6.07, 6.45) is -2.36. The average molecular weight is 644 g/mol. The summed E-state index contributed by atoms with van der Waals surface area (Å²) in [6.45, 7) is 4.30. The molecule has 2 aliphatic heterocycles. The number of halogens is 3. The lowest BCUT2D eigenvalue weighted by atomic mass is 9.69. The first-order valence-corrected chi connectivity index (χ1v) is 16.0. The van der Waals surface area contributed by atoms with Gasteiger partial charge in [-0.2, -0.15) is 13.2 Å². The number of hydrogen-bond donors (Lipinski definition) is 0. The van der Waals surface area contributed by atoms with E-state index in [1.165, 1.54) is 23.3 Å². The maximum Gasteiger partial charge on any atom is 0.416 e. The van der Waals surface area contributed by atoms with Crippen LogP contribution in [0.4, 0.5) is 18.9 Å². The molecule has 4 aromatic rings. The highest BCUT2D eigenvalue weighted by atomic mass is 19.4. The lowest BCUT2D eigenvalue weighted by Gasteiger charge is -2.44. The van der Waals surface area contributed by atoms with Crippen LogP contribution in [0.15, 0.2) is 97.1 Å². The normalized spacial score (nSPS) is 17.0. The number of ether oxygens (including phenoxy) is 2. The molecule has 0 spiro atoms. The molecule has 47 heavy (non-hydrogen) atoms. The number of hydrogen-bond acceptors (Lipinski definition) is 5. The molecule has 2 heterocycles. The van der Waals surface area contributed by atoms with Crippen molar-refractivity contribution in [3.8, 4) is 11.5 Å². The number of carbonyl (C=O) groups excluding carboxylic acids is 1. The minimum absolute atomic E-state index is 0.0556. The second-order valence-corrected chi connectivity index (χ2v) is 12.4.